The number of halogens is 1. The number of hydrogen-bond donors (Lipinski definition) is 0. The van der Waals surface area contributed by atoms with Crippen molar-refractivity contribution in [3.63, 3.8) is 0 Å². The maximum absolute atomic E-state index is 11.1. The van der Waals surface area contributed by atoms with Crippen molar-refractivity contribution >= 4 is 29.3 Å². The molecular weight excluding hydrogens is 268 g/mol. The van der Waals surface area contributed by atoms with Crippen molar-refractivity contribution in [3.05, 3.63) is 33.9 Å². The van der Waals surface area contributed by atoms with Crippen molar-refractivity contribution in [2.75, 3.05) is 17.3 Å². The van der Waals surface area contributed by atoms with E-state index in [0.717, 1.165) is 24.0 Å². The van der Waals surface area contributed by atoms with E-state index < -0.39 is 4.92 Å². The van der Waals surface area contributed by atoms with E-state index in [1.165, 1.54) is 6.07 Å². The molecule has 1 aromatic carbocycles. The topological polar surface area (TPSA) is 63.4 Å². The van der Waals surface area contributed by atoms with E-state index >= 15 is 0 Å². The number of nitro groups is 1. The van der Waals surface area contributed by atoms with Gasteiger partial charge in [-0.2, -0.15) is 0 Å². The minimum atomic E-state index is -0.394. The van der Waals surface area contributed by atoms with Gasteiger partial charge in [-0.1, -0.05) is 0 Å². The zero-order valence-electron chi connectivity index (χ0n) is 10.4. The number of carbonyl (C=O) groups is 1. The van der Waals surface area contributed by atoms with Crippen LogP contribution in [-0.4, -0.2) is 29.7 Å². The molecule has 1 aliphatic heterocycles. The Labute approximate surface area is 116 Å². The molecule has 0 radical (unpaired) electrons. The highest BCUT2D eigenvalue weighted by Crippen LogP contribution is 2.32. The number of benzene rings is 1. The van der Waals surface area contributed by atoms with Gasteiger partial charge in [0, 0.05) is 30.2 Å². The SMILES string of the molecule is O=CC1CCc2cc([N+](=O)[O-])ccc2N1CCCCl. The molecule has 1 aliphatic rings. The summed E-state index contributed by atoms with van der Waals surface area (Å²) >= 11 is 5.70. The van der Waals surface area contributed by atoms with Gasteiger partial charge >= 0.3 is 0 Å². The number of aryl methyl sites for hydroxylation is 1. The first-order valence-electron chi connectivity index (χ1n) is 6.22. The lowest BCUT2D eigenvalue weighted by molar-refractivity contribution is -0.384. The fraction of sp³-hybridized carbons (Fsp3) is 0.462. The fourth-order valence-electron chi connectivity index (χ4n) is 2.46. The normalized spacial score (nSPS) is 17.9. The van der Waals surface area contributed by atoms with Gasteiger partial charge < -0.3 is 9.69 Å². The summed E-state index contributed by atoms with van der Waals surface area (Å²) in [5.74, 6) is 0.532. The van der Waals surface area contributed by atoms with Crippen molar-refractivity contribution in [1.29, 1.82) is 0 Å². The third kappa shape index (κ3) is 2.87. The summed E-state index contributed by atoms with van der Waals surface area (Å²) in [6, 6.07) is 4.67. The monoisotopic (exact) mass is 282 g/mol. The van der Waals surface area contributed by atoms with E-state index in [1.54, 1.807) is 12.1 Å². The number of rotatable bonds is 5. The van der Waals surface area contributed by atoms with Crippen molar-refractivity contribution in [2.45, 2.75) is 25.3 Å². The smallest absolute Gasteiger partial charge is 0.269 e. The van der Waals surface area contributed by atoms with Gasteiger partial charge in [0.25, 0.3) is 5.69 Å². The predicted octanol–water partition coefficient (Wildman–Crippen LogP) is 2.54. The first-order valence-corrected chi connectivity index (χ1v) is 6.76. The summed E-state index contributed by atoms with van der Waals surface area (Å²) < 4.78 is 0. The number of aldehydes is 1. The Bertz CT molecular complexity index is 493. The van der Waals surface area contributed by atoms with Crippen molar-refractivity contribution in [3.8, 4) is 0 Å². The van der Waals surface area contributed by atoms with Crippen molar-refractivity contribution in [2.24, 2.45) is 0 Å². The van der Waals surface area contributed by atoms with Crippen LogP contribution in [0, 0.1) is 10.1 Å². The lowest BCUT2D eigenvalue weighted by Crippen LogP contribution is -2.41. The Morgan fingerprint density at radius 2 is 2.32 bits per heavy atom. The van der Waals surface area contributed by atoms with E-state index in [2.05, 4.69) is 0 Å². The van der Waals surface area contributed by atoms with Crippen LogP contribution in [0.4, 0.5) is 11.4 Å². The van der Waals surface area contributed by atoms with Crippen molar-refractivity contribution in [1.82, 2.24) is 0 Å². The van der Waals surface area contributed by atoms with Crippen LogP contribution in [0.25, 0.3) is 0 Å². The third-order valence-corrected chi connectivity index (χ3v) is 3.65. The molecular formula is C13H15ClN2O3. The molecule has 5 nitrogen and oxygen atoms in total. The van der Waals surface area contributed by atoms with Crippen LogP contribution >= 0.6 is 11.6 Å². The Kier molecular flexibility index (Phi) is 4.37. The maximum Gasteiger partial charge on any atom is 0.269 e. The molecule has 1 aromatic rings. The fourth-order valence-corrected chi connectivity index (χ4v) is 2.58. The first kappa shape index (κ1) is 13.8. The van der Waals surface area contributed by atoms with Crippen molar-refractivity contribution < 1.29 is 9.72 Å². The maximum atomic E-state index is 11.1. The van der Waals surface area contributed by atoms with Gasteiger partial charge in [0.1, 0.15) is 6.29 Å². The molecule has 0 saturated carbocycles. The predicted molar refractivity (Wildman–Crippen MR) is 74.0 cm³/mol. The van der Waals surface area contributed by atoms with E-state index in [1.807, 2.05) is 4.90 Å². The molecule has 1 unspecified atom stereocenters. The molecule has 0 aromatic heterocycles. The van der Waals surface area contributed by atoms with Gasteiger partial charge in [-0.05, 0) is 30.9 Å². The largest absolute Gasteiger partial charge is 0.362 e. The van der Waals surface area contributed by atoms with Gasteiger partial charge in [-0.25, -0.2) is 0 Å². The number of non-ortho nitro benzene ring substituents is 1. The Morgan fingerprint density at radius 3 is 2.95 bits per heavy atom. The van der Waals surface area contributed by atoms with Crippen LogP contribution in [0.15, 0.2) is 18.2 Å². The van der Waals surface area contributed by atoms with Crippen LogP contribution < -0.4 is 4.90 Å². The number of fused-ring (bicyclic) bond motifs is 1. The molecule has 0 amide bonds. The molecule has 0 N–H and O–H groups in total. The molecule has 6 heteroatoms. The highest BCUT2D eigenvalue weighted by Gasteiger charge is 2.26. The number of alkyl halides is 1. The van der Waals surface area contributed by atoms with E-state index in [0.29, 0.717) is 25.3 Å². The average molecular weight is 283 g/mol. The summed E-state index contributed by atoms with van der Waals surface area (Å²) in [4.78, 5) is 23.5. The van der Waals surface area contributed by atoms with Gasteiger partial charge in [0.05, 0.1) is 11.0 Å². The average Bonchev–Trinajstić information content (AvgIpc) is 2.43. The standard InChI is InChI=1S/C13H15ClN2O3/c14-6-1-7-15-12(9-17)3-2-10-8-11(16(18)19)4-5-13(10)15/h4-5,8-9,12H,1-3,6-7H2. The highest BCUT2D eigenvalue weighted by molar-refractivity contribution is 6.17. The molecule has 1 atom stereocenters. The van der Waals surface area contributed by atoms with E-state index in [4.69, 9.17) is 11.6 Å². The van der Waals surface area contributed by atoms with Gasteiger partial charge in [0.15, 0.2) is 0 Å². The first-order chi connectivity index (χ1) is 9.17. The van der Waals surface area contributed by atoms with Crippen LogP contribution in [0.5, 0.6) is 0 Å². The van der Waals surface area contributed by atoms with Crippen LogP contribution in [-0.2, 0) is 11.2 Å². The zero-order valence-corrected chi connectivity index (χ0v) is 11.2. The Balaban J connectivity index is 2.33. The molecule has 102 valence electrons. The minimum Gasteiger partial charge on any atom is -0.362 e. The summed E-state index contributed by atoms with van der Waals surface area (Å²) in [5.41, 5.74) is 1.95. The molecule has 1 heterocycles. The van der Waals surface area contributed by atoms with Crippen LogP contribution in [0.1, 0.15) is 18.4 Å². The summed E-state index contributed by atoms with van der Waals surface area (Å²) in [6.07, 6.45) is 3.11. The summed E-state index contributed by atoms with van der Waals surface area (Å²) in [5, 5.41) is 10.8. The van der Waals surface area contributed by atoms with Crippen LogP contribution in [0.2, 0.25) is 0 Å². The molecule has 0 spiro atoms. The lowest BCUT2D eigenvalue weighted by Gasteiger charge is -2.35. The quantitative estimate of drug-likeness (QED) is 0.360. The van der Waals surface area contributed by atoms with Crippen LogP contribution in [0.3, 0.4) is 0 Å². The third-order valence-electron chi connectivity index (χ3n) is 3.38. The number of carbonyl (C=O) groups excluding carboxylic acids is 1. The molecule has 0 fully saturated rings. The van der Waals surface area contributed by atoms with Gasteiger partial charge in [0.2, 0.25) is 0 Å². The highest BCUT2D eigenvalue weighted by atomic mass is 35.5. The molecule has 0 saturated heterocycles. The second-order valence-electron chi connectivity index (χ2n) is 4.55. The minimum absolute atomic E-state index is 0.0978. The molecule has 0 aliphatic carbocycles. The number of nitro benzene ring substituents is 1. The number of anilines is 1. The number of nitrogens with zero attached hydrogens (tertiary/aromatic N) is 2. The van der Waals surface area contributed by atoms with Gasteiger partial charge in [-0.15, -0.1) is 11.6 Å². The molecule has 0 bridgehead atoms. The second kappa shape index (κ2) is 6.02. The molecule has 2 rings (SSSR count). The number of hydrogen-bond acceptors (Lipinski definition) is 4. The lowest BCUT2D eigenvalue weighted by atomic mass is 9.95. The summed E-state index contributed by atoms with van der Waals surface area (Å²) in [6.45, 7) is 0.692. The Hall–Kier alpha value is -1.62. The molecule has 19 heavy (non-hydrogen) atoms. The van der Waals surface area contributed by atoms with E-state index in [9.17, 15) is 14.9 Å². The van der Waals surface area contributed by atoms with Gasteiger partial charge in [-0.3, -0.25) is 10.1 Å². The Morgan fingerprint density at radius 1 is 1.53 bits per heavy atom. The van der Waals surface area contributed by atoms with E-state index in [-0.39, 0.29) is 11.7 Å². The second-order valence-corrected chi connectivity index (χ2v) is 4.93. The summed E-state index contributed by atoms with van der Waals surface area (Å²) in [7, 11) is 0. The zero-order chi connectivity index (χ0) is 13.8.